The second kappa shape index (κ2) is 9.97. The zero-order chi connectivity index (χ0) is 24.6. The minimum atomic E-state index is -3.16. The molecule has 0 bridgehead atoms. The van der Waals surface area contributed by atoms with Gasteiger partial charge >= 0.3 is 0 Å². The first-order chi connectivity index (χ1) is 16.7. The van der Waals surface area contributed by atoms with Crippen LogP contribution in [0.2, 0.25) is 0 Å². The summed E-state index contributed by atoms with van der Waals surface area (Å²) in [5.41, 5.74) is 4.72. The lowest BCUT2D eigenvalue weighted by molar-refractivity contribution is -0.0650. The third-order valence-electron chi connectivity index (χ3n) is 8.71. The summed E-state index contributed by atoms with van der Waals surface area (Å²) < 4.78 is 23.7. The van der Waals surface area contributed by atoms with E-state index in [2.05, 4.69) is 53.2 Å². The second-order valence-electron chi connectivity index (χ2n) is 11.5. The Morgan fingerprint density at radius 3 is 2.34 bits per heavy atom. The van der Waals surface area contributed by atoms with Gasteiger partial charge in [-0.25, -0.2) is 8.42 Å². The minimum absolute atomic E-state index is 0.395. The SMILES string of the molecule is CC(C)c1ccccc1C1CN(Cc2ccc(S(C)(=O)=O)cc2)CCN1C1CC2(CCNCC2)C1. The van der Waals surface area contributed by atoms with Crippen LogP contribution < -0.4 is 5.32 Å². The third-order valence-corrected chi connectivity index (χ3v) is 9.84. The molecule has 1 atom stereocenters. The van der Waals surface area contributed by atoms with Crippen LogP contribution in [-0.4, -0.2) is 63.2 Å². The van der Waals surface area contributed by atoms with E-state index >= 15 is 0 Å². The van der Waals surface area contributed by atoms with Gasteiger partial charge in [0.1, 0.15) is 0 Å². The van der Waals surface area contributed by atoms with E-state index in [1.807, 2.05) is 12.1 Å². The van der Waals surface area contributed by atoms with Crippen LogP contribution in [-0.2, 0) is 16.4 Å². The topological polar surface area (TPSA) is 52.7 Å². The summed E-state index contributed by atoms with van der Waals surface area (Å²) in [4.78, 5) is 5.79. The van der Waals surface area contributed by atoms with Gasteiger partial charge in [0.25, 0.3) is 0 Å². The average molecular weight is 496 g/mol. The zero-order valence-electron chi connectivity index (χ0n) is 21.5. The molecule has 2 saturated heterocycles. The Morgan fingerprint density at radius 1 is 1.00 bits per heavy atom. The van der Waals surface area contributed by atoms with Gasteiger partial charge in [-0.05, 0) is 78.9 Å². The van der Waals surface area contributed by atoms with Crippen LogP contribution in [0.1, 0.15) is 68.2 Å². The molecule has 1 aliphatic carbocycles. The number of rotatable bonds is 6. The molecule has 6 heteroatoms. The summed E-state index contributed by atoms with van der Waals surface area (Å²) in [6.07, 6.45) is 6.64. The molecule has 0 radical (unpaired) electrons. The number of nitrogens with one attached hydrogen (secondary N) is 1. The minimum Gasteiger partial charge on any atom is -0.317 e. The Kier molecular flexibility index (Phi) is 7.10. The average Bonchev–Trinajstić information content (AvgIpc) is 2.83. The number of piperidine rings is 1. The molecule has 3 aliphatic rings. The van der Waals surface area contributed by atoms with E-state index in [-0.39, 0.29) is 0 Å². The molecule has 5 nitrogen and oxygen atoms in total. The molecule has 5 rings (SSSR count). The predicted molar refractivity (Wildman–Crippen MR) is 142 cm³/mol. The maximum Gasteiger partial charge on any atom is 0.175 e. The largest absolute Gasteiger partial charge is 0.317 e. The summed E-state index contributed by atoms with van der Waals surface area (Å²) in [5, 5.41) is 3.54. The van der Waals surface area contributed by atoms with Gasteiger partial charge in [0.2, 0.25) is 0 Å². The number of nitrogens with zero attached hydrogens (tertiary/aromatic N) is 2. The van der Waals surface area contributed by atoms with Gasteiger partial charge in [-0.1, -0.05) is 50.2 Å². The summed E-state index contributed by atoms with van der Waals surface area (Å²) in [5.74, 6) is 0.504. The molecule has 0 aromatic heterocycles. The number of hydrogen-bond donors (Lipinski definition) is 1. The standard InChI is InChI=1S/C29H41N3O2S/c1-22(2)26-6-4-5-7-27(26)28-21-31(20-23-8-10-25(11-9-23)35(3,33)34)16-17-32(28)24-18-29(19-24)12-14-30-15-13-29/h4-11,22,24,28,30H,12-21H2,1-3H3. The Labute approximate surface area is 211 Å². The molecule has 1 unspecified atom stereocenters. The van der Waals surface area contributed by atoms with Crippen LogP contribution >= 0.6 is 0 Å². The van der Waals surface area contributed by atoms with Gasteiger partial charge in [-0.2, -0.15) is 0 Å². The Hall–Kier alpha value is -1.73. The lowest BCUT2D eigenvalue weighted by atomic mass is 9.60. The molecule has 190 valence electrons. The maximum atomic E-state index is 11.8. The van der Waals surface area contributed by atoms with E-state index in [4.69, 9.17) is 0 Å². The van der Waals surface area contributed by atoms with Crippen LogP contribution in [0.15, 0.2) is 53.4 Å². The lowest BCUT2D eigenvalue weighted by Crippen LogP contribution is -2.59. The molecule has 2 aliphatic heterocycles. The van der Waals surface area contributed by atoms with E-state index in [1.54, 1.807) is 12.1 Å². The third kappa shape index (κ3) is 5.36. The number of benzene rings is 2. The molecule has 0 amide bonds. The number of sulfone groups is 1. The molecule has 2 heterocycles. The highest BCUT2D eigenvalue weighted by molar-refractivity contribution is 7.90. The van der Waals surface area contributed by atoms with Crippen molar-refractivity contribution >= 4 is 9.84 Å². The number of piperazine rings is 1. The van der Waals surface area contributed by atoms with E-state index in [0.29, 0.717) is 28.3 Å². The molecule has 1 N–H and O–H groups in total. The van der Waals surface area contributed by atoms with Crippen molar-refractivity contribution < 1.29 is 8.42 Å². The lowest BCUT2D eigenvalue weighted by Gasteiger charge is -2.57. The van der Waals surface area contributed by atoms with Crippen LogP contribution in [0.5, 0.6) is 0 Å². The Bertz CT molecular complexity index is 1110. The van der Waals surface area contributed by atoms with Gasteiger partial charge in [0, 0.05) is 44.5 Å². The first-order valence-electron chi connectivity index (χ1n) is 13.3. The van der Waals surface area contributed by atoms with E-state index in [9.17, 15) is 8.42 Å². The Balaban J connectivity index is 1.35. The predicted octanol–water partition coefficient (Wildman–Crippen LogP) is 4.60. The highest BCUT2D eigenvalue weighted by Crippen LogP contribution is 2.52. The summed E-state index contributed by atoms with van der Waals surface area (Å²) >= 11 is 0. The summed E-state index contributed by atoms with van der Waals surface area (Å²) in [6, 6.07) is 17.6. The van der Waals surface area contributed by atoms with Crippen LogP contribution in [0.4, 0.5) is 0 Å². The molecular formula is C29H41N3O2S. The van der Waals surface area contributed by atoms with Crippen molar-refractivity contribution in [1.82, 2.24) is 15.1 Å². The van der Waals surface area contributed by atoms with Crippen molar-refractivity contribution in [2.24, 2.45) is 5.41 Å². The smallest absolute Gasteiger partial charge is 0.175 e. The van der Waals surface area contributed by atoms with Gasteiger partial charge in [-0.15, -0.1) is 0 Å². The number of hydrogen-bond acceptors (Lipinski definition) is 5. The van der Waals surface area contributed by atoms with Crippen molar-refractivity contribution in [2.45, 2.75) is 69.0 Å². The van der Waals surface area contributed by atoms with Crippen molar-refractivity contribution in [2.75, 3.05) is 39.0 Å². The Morgan fingerprint density at radius 2 is 1.69 bits per heavy atom. The fraction of sp³-hybridized carbons (Fsp3) is 0.586. The van der Waals surface area contributed by atoms with Gasteiger partial charge in [0.15, 0.2) is 9.84 Å². The summed E-state index contributed by atoms with van der Waals surface area (Å²) in [7, 11) is -3.16. The van der Waals surface area contributed by atoms with Crippen LogP contribution in [0.3, 0.4) is 0 Å². The molecule has 3 fully saturated rings. The fourth-order valence-corrected chi connectivity index (χ4v) is 7.32. The quantitative estimate of drug-likeness (QED) is 0.635. The fourth-order valence-electron chi connectivity index (χ4n) is 6.69. The second-order valence-corrected chi connectivity index (χ2v) is 13.5. The zero-order valence-corrected chi connectivity index (χ0v) is 22.4. The maximum absolute atomic E-state index is 11.8. The van der Waals surface area contributed by atoms with E-state index < -0.39 is 9.84 Å². The van der Waals surface area contributed by atoms with E-state index in [1.165, 1.54) is 61.7 Å². The van der Waals surface area contributed by atoms with Crippen molar-refractivity contribution in [1.29, 1.82) is 0 Å². The molecular weight excluding hydrogens is 454 g/mol. The molecule has 35 heavy (non-hydrogen) atoms. The van der Waals surface area contributed by atoms with Gasteiger partial charge < -0.3 is 5.32 Å². The highest BCUT2D eigenvalue weighted by atomic mass is 32.2. The molecule has 1 saturated carbocycles. The first kappa shape index (κ1) is 24.9. The van der Waals surface area contributed by atoms with Crippen molar-refractivity contribution in [3.8, 4) is 0 Å². The monoisotopic (exact) mass is 495 g/mol. The summed E-state index contributed by atoms with van der Waals surface area (Å²) in [6.45, 7) is 11.0. The van der Waals surface area contributed by atoms with Crippen LogP contribution in [0.25, 0.3) is 0 Å². The molecule has 2 aromatic carbocycles. The first-order valence-corrected chi connectivity index (χ1v) is 15.2. The van der Waals surface area contributed by atoms with Crippen molar-refractivity contribution in [3.63, 3.8) is 0 Å². The van der Waals surface area contributed by atoms with Gasteiger partial charge in [-0.3, -0.25) is 9.80 Å². The normalized spacial score (nSPS) is 24.1. The van der Waals surface area contributed by atoms with Gasteiger partial charge in [0.05, 0.1) is 4.90 Å². The van der Waals surface area contributed by atoms with Crippen molar-refractivity contribution in [3.05, 3.63) is 65.2 Å². The molecule has 2 aromatic rings. The molecule has 1 spiro atoms. The van der Waals surface area contributed by atoms with Crippen LogP contribution in [0, 0.1) is 5.41 Å². The van der Waals surface area contributed by atoms with E-state index in [0.717, 1.165) is 26.2 Å². The highest BCUT2D eigenvalue weighted by Gasteiger charge is 2.49.